The average molecular weight is 457 g/mol. The molecule has 3 aromatic rings. The van der Waals surface area contributed by atoms with Crippen LogP contribution in [0.5, 0.6) is 5.75 Å². The monoisotopic (exact) mass is 456 g/mol. The van der Waals surface area contributed by atoms with Gasteiger partial charge in [0.2, 0.25) is 0 Å². The van der Waals surface area contributed by atoms with Gasteiger partial charge in [-0.3, -0.25) is 0 Å². The van der Waals surface area contributed by atoms with Gasteiger partial charge in [0.1, 0.15) is 5.75 Å². The number of aromatic nitrogens is 1. The first-order valence-corrected chi connectivity index (χ1v) is 12.9. The quantitative estimate of drug-likeness (QED) is 0.529. The smallest absolute Gasteiger partial charge is 0.185 e. The third-order valence-electron chi connectivity index (χ3n) is 5.96. The van der Waals surface area contributed by atoms with Crippen LogP contribution in [0.1, 0.15) is 29.5 Å². The van der Waals surface area contributed by atoms with Crippen LogP contribution in [-0.4, -0.2) is 38.9 Å². The lowest BCUT2D eigenvalue weighted by atomic mass is 9.98. The van der Waals surface area contributed by atoms with E-state index < -0.39 is 9.84 Å². The van der Waals surface area contributed by atoms with Crippen LogP contribution >= 0.6 is 11.3 Å². The number of hydrogen-bond acceptors (Lipinski definition) is 6. The maximum atomic E-state index is 13.0. The molecule has 4 rings (SSSR count). The van der Waals surface area contributed by atoms with E-state index in [1.165, 1.54) is 22.3 Å². The van der Waals surface area contributed by atoms with Crippen molar-refractivity contribution in [3.05, 3.63) is 58.5 Å². The van der Waals surface area contributed by atoms with Crippen molar-refractivity contribution in [2.75, 3.05) is 25.1 Å². The lowest BCUT2D eigenvalue weighted by Crippen LogP contribution is -2.39. The summed E-state index contributed by atoms with van der Waals surface area (Å²) in [5.41, 5.74) is 5.93. The highest BCUT2D eigenvalue weighted by atomic mass is 32.2. The molecule has 2 heterocycles. The van der Waals surface area contributed by atoms with E-state index in [-0.39, 0.29) is 5.25 Å². The maximum Gasteiger partial charge on any atom is 0.185 e. The van der Waals surface area contributed by atoms with Crippen molar-refractivity contribution in [3.63, 3.8) is 0 Å². The van der Waals surface area contributed by atoms with Crippen molar-refractivity contribution >= 4 is 26.3 Å². The van der Waals surface area contributed by atoms with Crippen LogP contribution in [0.4, 0.5) is 5.13 Å². The van der Waals surface area contributed by atoms with Gasteiger partial charge in [-0.25, -0.2) is 13.4 Å². The van der Waals surface area contributed by atoms with E-state index in [0.717, 1.165) is 10.8 Å². The summed E-state index contributed by atoms with van der Waals surface area (Å²) in [4.78, 5) is 7.49. The van der Waals surface area contributed by atoms with Crippen molar-refractivity contribution in [3.8, 4) is 17.0 Å². The summed E-state index contributed by atoms with van der Waals surface area (Å²) in [5.74, 6) is 0.660. The van der Waals surface area contributed by atoms with Crippen molar-refractivity contribution < 1.29 is 13.2 Å². The summed E-state index contributed by atoms with van der Waals surface area (Å²) in [6.07, 6.45) is 1.21. The SMILES string of the molecule is COc1ccc(S(=O)(=O)C2CCN(c3nc(-c4c(C)cc(C)cc4C)cs3)CC2)cc1. The Morgan fingerprint density at radius 3 is 2.23 bits per heavy atom. The van der Waals surface area contributed by atoms with Gasteiger partial charge < -0.3 is 9.64 Å². The highest BCUT2D eigenvalue weighted by molar-refractivity contribution is 7.92. The molecule has 0 spiro atoms. The zero-order valence-electron chi connectivity index (χ0n) is 18.4. The first-order valence-electron chi connectivity index (χ1n) is 10.5. The first kappa shape index (κ1) is 21.8. The normalized spacial score (nSPS) is 15.3. The molecule has 1 saturated heterocycles. The lowest BCUT2D eigenvalue weighted by molar-refractivity contribution is 0.414. The molecular formula is C24H28N2O3S2. The highest BCUT2D eigenvalue weighted by Gasteiger charge is 2.32. The first-order chi connectivity index (χ1) is 14.8. The number of benzene rings is 2. The topological polar surface area (TPSA) is 59.5 Å². The Morgan fingerprint density at radius 1 is 1.03 bits per heavy atom. The second kappa shape index (κ2) is 8.63. The molecule has 1 aromatic heterocycles. The van der Waals surface area contributed by atoms with E-state index in [4.69, 9.17) is 9.72 Å². The Balaban J connectivity index is 1.47. The molecule has 164 valence electrons. The van der Waals surface area contributed by atoms with Gasteiger partial charge in [0.25, 0.3) is 0 Å². The Morgan fingerprint density at radius 2 is 1.65 bits per heavy atom. The number of aryl methyl sites for hydroxylation is 3. The molecular weight excluding hydrogens is 428 g/mol. The summed E-state index contributed by atoms with van der Waals surface area (Å²) in [6, 6.07) is 11.1. The minimum Gasteiger partial charge on any atom is -0.497 e. The van der Waals surface area contributed by atoms with Crippen LogP contribution in [0.15, 0.2) is 46.7 Å². The number of nitrogens with zero attached hydrogens (tertiary/aromatic N) is 2. The summed E-state index contributed by atoms with van der Waals surface area (Å²) in [6.45, 7) is 7.76. The number of piperidine rings is 1. The standard InChI is InChI=1S/C24H28N2O3S2/c1-16-13-17(2)23(18(3)14-16)22-15-30-24(25-22)26-11-9-21(10-12-26)31(27,28)20-7-5-19(29-4)6-8-20/h5-8,13-15,21H,9-12H2,1-4H3. The van der Waals surface area contributed by atoms with Crippen LogP contribution in [0.25, 0.3) is 11.3 Å². The zero-order valence-corrected chi connectivity index (χ0v) is 20.0. The molecule has 31 heavy (non-hydrogen) atoms. The fourth-order valence-electron chi connectivity index (χ4n) is 4.42. The summed E-state index contributed by atoms with van der Waals surface area (Å²) in [7, 11) is -1.77. The van der Waals surface area contributed by atoms with Gasteiger partial charge in [-0.2, -0.15) is 0 Å². The number of anilines is 1. The Labute approximate surface area is 188 Å². The summed E-state index contributed by atoms with van der Waals surface area (Å²) >= 11 is 1.63. The van der Waals surface area contributed by atoms with Crippen molar-refractivity contribution in [2.45, 2.75) is 43.8 Å². The highest BCUT2D eigenvalue weighted by Crippen LogP contribution is 2.34. The number of thiazole rings is 1. The minimum absolute atomic E-state index is 0.363. The summed E-state index contributed by atoms with van der Waals surface area (Å²) < 4.78 is 31.2. The molecule has 1 fully saturated rings. The molecule has 0 N–H and O–H groups in total. The van der Waals surface area contributed by atoms with Gasteiger partial charge in [-0.05, 0) is 69.0 Å². The van der Waals surface area contributed by atoms with E-state index in [1.54, 1.807) is 42.7 Å². The molecule has 1 aliphatic rings. The molecule has 5 nitrogen and oxygen atoms in total. The van der Waals surface area contributed by atoms with Crippen LogP contribution in [-0.2, 0) is 9.84 Å². The third kappa shape index (κ3) is 4.34. The number of hydrogen-bond donors (Lipinski definition) is 0. The van der Waals surface area contributed by atoms with Gasteiger partial charge in [0.05, 0.1) is 22.9 Å². The van der Waals surface area contributed by atoms with E-state index in [1.807, 2.05) is 0 Å². The molecule has 7 heteroatoms. The fraction of sp³-hybridized carbons (Fsp3) is 0.375. The average Bonchev–Trinajstić information content (AvgIpc) is 3.23. The van der Waals surface area contributed by atoms with Crippen LogP contribution < -0.4 is 9.64 Å². The second-order valence-corrected chi connectivity index (χ2v) is 11.3. The fourth-order valence-corrected chi connectivity index (χ4v) is 7.03. The van der Waals surface area contributed by atoms with E-state index >= 15 is 0 Å². The predicted octanol–water partition coefficient (Wildman–Crippen LogP) is 5.19. The number of methoxy groups -OCH3 is 1. The van der Waals surface area contributed by atoms with E-state index in [2.05, 4.69) is 43.2 Å². The Hall–Kier alpha value is -2.38. The second-order valence-electron chi connectivity index (χ2n) is 8.20. The van der Waals surface area contributed by atoms with Crippen molar-refractivity contribution in [1.29, 1.82) is 0 Å². The molecule has 0 unspecified atom stereocenters. The summed E-state index contributed by atoms with van der Waals surface area (Å²) in [5, 5.41) is 2.72. The number of ether oxygens (including phenoxy) is 1. The van der Waals surface area contributed by atoms with Gasteiger partial charge in [-0.15, -0.1) is 11.3 Å². The molecule has 0 amide bonds. The van der Waals surface area contributed by atoms with Gasteiger partial charge >= 0.3 is 0 Å². The number of sulfone groups is 1. The Bertz CT molecular complexity index is 1150. The Kier molecular flexibility index (Phi) is 6.08. The largest absolute Gasteiger partial charge is 0.497 e. The van der Waals surface area contributed by atoms with Crippen LogP contribution in [0, 0.1) is 20.8 Å². The predicted molar refractivity (Wildman–Crippen MR) is 127 cm³/mol. The van der Waals surface area contributed by atoms with E-state index in [0.29, 0.717) is 36.6 Å². The molecule has 0 aliphatic carbocycles. The third-order valence-corrected chi connectivity index (χ3v) is 9.14. The van der Waals surface area contributed by atoms with Crippen molar-refractivity contribution in [1.82, 2.24) is 4.98 Å². The molecule has 1 aliphatic heterocycles. The van der Waals surface area contributed by atoms with Crippen LogP contribution in [0.2, 0.25) is 0 Å². The lowest BCUT2D eigenvalue weighted by Gasteiger charge is -2.31. The molecule has 0 atom stereocenters. The maximum absolute atomic E-state index is 13.0. The molecule has 0 radical (unpaired) electrons. The van der Waals surface area contributed by atoms with E-state index in [9.17, 15) is 8.42 Å². The van der Waals surface area contributed by atoms with Crippen molar-refractivity contribution in [2.24, 2.45) is 0 Å². The number of rotatable bonds is 5. The van der Waals surface area contributed by atoms with Gasteiger partial charge in [0.15, 0.2) is 15.0 Å². The molecule has 0 bridgehead atoms. The molecule has 0 saturated carbocycles. The molecule has 2 aromatic carbocycles. The van der Waals surface area contributed by atoms with Gasteiger partial charge in [0, 0.05) is 24.0 Å². The van der Waals surface area contributed by atoms with Gasteiger partial charge in [-0.1, -0.05) is 17.7 Å². The van der Waals surface area contributed by atoms with Crippen LogP contribution in [0.3, 0.4) is 0 Å². The zero-order chi connectivity index (χ0) is 22.2. The minimum atomic E-state index is -3.34.